The van der Waals surface area contributed by atoms with Crippen LogP contribution >= 0.6 is 0 Å². The van der Waals surface area contributed by atoms with Crippen LogP contribution in [0, 0.1) is 5.92 Å². The molecule has 1 saturated heterocycles. The maximum absolute atomic E-state index is 13.0. The SMILES string of the molecule is C[C@H]1CCCN(C(=O)[C@@H](C)N2C(=O)CN(C)C(=O)c3ccccc32)C1. The highest BCUT2D eigenvalue weighted by Crippen LogP contribution is 2.28. The minimum Gasteiger partial charge on any atom is -0.341 e. The van der Waals surface area contributed by atoms with Crippen molar-refractivity contribution in [3.05, 3.63) is 29.8 Å². The van der Waals surface area contributed by atoms with Crippen LogP contribution < -0.4 is 4.90 Å². The van der Waals surface area contributed by atoms with Gasteiger partial charge < -0.3 is 9.80 Å². The predicted molar refractivity (Wildman–Crippen MR) is 95.3 cm³/mol. The Kier molecular flexibility index (Phi) is 4.79. The molecule has 2 aliphatic heterocycles. The van der Waals surface area contributed by atoms with Crippen LogP contribution in [0.1, 0.15) is 37.0 Å². The van der Waals surface area contributed by atoms with E-state index < -0.39 is 6.04 Å². The number of carbonyl (C=O) groups is 3. The van der Waals surface area contributed by atoms with Gasteiger partial charge in [-0.25, -0.2) is 0 Å². The third-order valence-electron chi connectivity index (χ3n) is 5.10. The molecule has 0 aromatic heterocycles. The Morgan fingerprint density at radius 1 is 1.24 bits per heavy atom. The number of rotatable bonds is 2. The fourth-order valence-electron chi connectivity index (χ4n) is 3.74. The van der Waals surface area contributed by atoms with Crippen molar-refractivity contribution in [1.82, 2.24) is 9.80 Å². The van der Waals surface area contributed by atoms with E-state index in [1.807, 2.05) is 4.90 Å². The van der Waals surface area contributed by atoms with E-state index in [-0.39, 0.29) is 24.3 Å². The van der Waals surface area contributed by atoms with E-state index in [1.54, 1.807) is 38.2 Å². The molecule has 0 unspecified atom stereocenters. The minimum atomic E-state index is -0.627. The standard InChI is InChI=1S/C19H25N3O3/c1-13-7-6-10-21(11-13)18(24)14(2)22-16-9-5-4-8-15(16)19(25)20(3)12-17(22)23/h4-5,8-9,13-14H,6-7,10-12H2,1-3H3/t13-,14+/m0/s1. The Morgan fingerprint density at radius 3 is 2.68 bits per heavy atom. The molecule has 25 heavy (non-hydrogen) atoms. The minimum absolute atomic E-state index is 0.0263. The number of carbonyl (C=O) groups excluding carboxylic acids is 3. The van der Waals surface area contributed by atoms with Gasteiger partial charge in [0.05, 0.1) is 11.3 Å². The second kappa shape index (κ2) is 6.86. The Bertz CT molecular complexity index is 703. The summed E-state index contributed by atoms with van der Waals surface area (Å²) in [6, 6.07) is 6.39. The zero-order valence-corrected chi connectivity index (χ0v) is 15.1. The zero-order valence-electron chi connectivity index (χ0n) is 15.1. The number of benzene rings is 1. The third-order valence-corrected chi connectivity index (χ3v) is 5.10. The monoisotopic (exact) mass is 343 g/mol. The van der Waals surface area contributed by atoms with Gasteiger partial charge in [0.1, 0.15) is 12.6 Å². The number of para-hydroxylation sites is 1. The highest BCUT2D eigenvalue weighted by Gasteiger charge is 2.37. The van der Waals surface area contributed by atoms with Crippen LogP contribution in [0.2, 0.25) is 0 Å². The number of amides is 3. The smallest absolute Gasteiger partial charge is 0.256 e. The number of nitrogens with zero attached hydrogens (tertiary/aromatic N) is 3. The lowest BCUT2D eigenvalue weighted by Gasteiger charge is -2.36. The Morgan fingerprint density at radius 2 is 1.96 bits per heavy atom. The fraction of sp³-hybridized carbons (Fsp3) is 0.526. The lowest BCUT2D eigenvalue weighted by atomic mass is 9.99. The predicted octanol–water partition coefficient (Wildman–Crippen LogP) is 1.75. The van der Waals surface area contributed by atoms with E-state index in [0.29, 0.717) is 17.2 Å². The van der Waals surface area contributed by atoms with Gasteiger partial charge in [0, 0.05) is 20.1 Å². The van der Waals surface area contributed by atoms with Crippen LogP contribution in [-0.4, -0.2) is 60.2 Å². The Hall–Kier alpha value is -2.37. The van der Waals surface area contributed by atoms with Crippen molar-refractivity contribution in [2.45, 2.75) is 32.7 Å². The van der Waals surface area contributed by atoms with E-state index >= 15 is 0 Å². The number of hydrogen-bond acceptors (Lipinski definition) is 3. The van der Waals surface area contributed by atoms with E-state index in [2.05, 4.69) is 6.92 Å². The molecule has 134 valence electrons. The molecule has 0 N–H and O–H groups in total. The normalized spacial score (nSPS) is 22.5. The maximum Gasteiger partial charge on any atom is 0.256 e. The van der Waals surface area contributed by atoms with Crippen LogP contribution in [-0.2, 0) is 9.59 Å². The highest BCUT2D eigenvalue weighted by atomic mass is 16.2. The maximum atomic E-state index is 13.0. The van der Waals surface area contributed by atoms with Gasteiger partial charge in [-0.1, -0.05) is 19.1 Å². The van der Waals surface area contributed by atoms with Crippen molar-refractivity contribution in [3.63, 3.8) is 0 Å². The summed E-state index contributed by atoms with van der Waals surface area (Å²) in [6.07, 6.45) is 2.12. The molecule has 0 bridgehead atoms. The van der Waals surface area contributed by atoms with Crippen molar-refractivity contribution in [3.8, 4) is 0 Å². The van der Waals surface area contributed by atoms with Gasteiger partial charge in [0.2, 0.25) is 11.8 Å². The number of anilines is 1. The molecule has 0 aliphatic carbocycles. The number of hydrogen-bond donors (Lipinski definition) is 0. The summed E-state index contributed by atoms with van der Waals surface area (Å²) < 4.78 is 0. The molecule has 0 saturated carbocycles. The van der Waals surface area contributed by atoms with Crippen molar-refractivity contribution in [1.29, 1.82) is 0 Å². The van der Waals surface area contributed by atoms with Gasteiger partial charge >= 0.3 is 0 Å². The van der Waals surface area contributed by atoms with Crippen molar-refractivity contribution in [2.24, 2.45) is 5.92 Å². The molecular formula is C19H25N3O3. The summed E-state index contributed by atoms with van der Waals surface area (Å²) >= 11 is 0. The van der Waals surface area contributed by atoms with E-state index in [0.717, 1.165) is 25.9 Å². The largest absolute Gasteiger partial charge is 0.341 e. The number of likely N-dealkylation sites (tertiary alicyclic amines) is 1. The average Bonchev–Trinajstić information content (AvgIpc) is 2.69. The van der Waals surface area contributed by atoms with Gasteiger partial charge in [0.15, 0.2) is 0 Å². The first-order valence-electron chi connectivity index (χ1n) is 8.85. The fourth-order valence-corrected chi connectivity index (χ4v) is 3.74. The van der Waals surface area contributed by atoms with Crippen molar-refractivity contribution < 1.29 is 14.4 Å². The molecule has 2 aliphatic rings. The summed E-state index contributed by atoms with van der Waals surface area (Å²) in [6.45, 7) is 5.33. The van der Waals surface area contributed by atoms with Crippen LogP contribution in [0.3, 0.4) is 0 Å². The summed E-state index contributed by atoms with van der Waals surface area (Å²) in [5.74, 6) is 0.000777. The summed E-state index contributed by atoms with van der Waals surface area (Å²) in [5, 5.41) is 0. The molecule has 1 aromatic carbocycles. The van der Waals surface area contributed by atoms with Gasteiger partial charge in [-0.05, 0) is 37.8 Å². The average molecular weight is 343 g/mol. The van der Waals surface area contributed by atoms with E-state index in [4.69, 9.17) is 0 Å². The van der Waals surface area contributed by atoms with Crippen LogP contribution in [0.25, 0.3) is 0 Å². The van der Waals surface area contributed by atoms with Crippen molar-refractivity contribution >= 4 is 23.4 Å². The van der Waals surface area contributed by atoms with Crippen LogP contribution in [0.15, 0.2) is 24.3 Å². The first-order valence-corrected chi connectivity index (χ1v) is 8.85. The Labute approximate surface area is 148 Å². The molecule has 2 heterocycles. The lowest BCUT2D eigenvalue weighted by Crippen LogP contribution is -2.53. The molecule has 1 fully saturated rings. The highest BCUT2D eigenvalue weighted by molar-refractivity contribution is 6.11. The van der Waals surface area contributed by atoms with Crippen molar-refractivity contribution in [2.75, 3.05) is 31.6 Å². The second-order valence-corrected chi connectivity index (χ2v) is 7.15. The molecule has 3 amide bonds. The van der Waals surface area contributed by atoms with E-state index in [1.165, 1.54) is 9.80 Å². The first kappa shape index (κ1) is 17.5. The van der Waals surface area contributed by atoms with Gasteiger partial charge in [-0.3, -0.25) is 19.3 Å². The molecule has 6 heteroatoms. The Balaban J connectivity index is 1.94. The summed E-state index contributed by atoms with van der Waals surface area (Å²) in [4.78, 5) is 43.1. The molecule has 1 aromatic rings. The topological polar surface area (TPSA) is 60.9 Å². The molecular weight excluding hydrogens is 318 g/mol. The molecule has 6 nitrogen and oxygen atoms in total. The number of piperidine rings is 1. The van der Waals surface area contributed by atoms with E-state index in [9.17, 15) is 14.4 Å². The van der Waals surface area contributed by atoms with Gasteiger partial charge in [-0.15, -0.1) is 0 Å². The van der Waals surface area contributed by atoms with Crippen LogP contribution in [0.4, 0.5) is 5.69 Å². The van der Waals surface area contributed by atoms with Gasteiger partial charge in [-0.2, -0.15) is 0 Å². The summed E-state index contributed by atoms with van der Waals surface area (Å²) in [7, 11) is 1.61. The zero-order chi connectivity index (χ0) is 18.1. The summed E-state index contributed by atoms with van der Waals surface area (Å²) in [5.41, 5.74) is 0.982. The quantitative estimate of drug-likeness (QED) is 0.822. The van der Waals surface area contributed by atoms with Crippen LogP contribution in [0.5, 0.6) is 0 Å². The second-order valence-electron chi connectivity index (χ2n) is 7.15. The number of likely N-dealkylation sites (N-methyl/N-ethyl adjacent to an activating group) is 1. The lowest BCUT2D eigenvalue weighted by molar-refractivity contribution is -0.135. The molecule has 2 atom stereocenters. The van der Waals surface area contributed by atoms with Gasteiger partial charge in [0.25, 0.3) is 5.91 Å². The molecule has 0 radical (unpaired) electrons. The third kappa shape index (κ3) is 3.25. The molecule has 0 spiro atoms. The molecule has 3 rings (SSSR count). The number of fused-ring (bicyclic) bond motifs is 1. The first-order chi connectivity index (χ1) is 11.9.